The van der Waals surface area contributed by atoms with Gasteiger partial charge in [0.05, 0.1) is 31.5 Å². The molecule has 0 saturated heterocycles. The third-order valence-electron chi connectivity index (χ3n) is 4.79. The lowest BCUT2D eigenvalue weighted by Gasteiger charge is -2.17. The van der Waals surface area contributed by atoms with E-state index in [2.05, 4.69) is 53.4 Å². The number of allylic oxidation sites excluding steroid dienone is 1. The smallest absolute Gasteiger partial charge is 0.349 e. The highest BCUT2D eigenvalue weighted by Crippen LogP contribution is 2.29. The molecule has 3 aromatic rings. The fourth-order valence-electron chi connectivity index (χ4n) is 3.24. The molecule has 0 fully saturated rings. The lowest BCUT2D eigenvalue weighted by Crippen LogP contribution is -2.23. The molecule has 9 heteroatoms. The number of carbonyl (C=O) groups excluding carboxylic acids is 1. The van der Waals surface area contributed by atoms with E-state index >= 15 is 0 Å². The van der Waals surface area contributed by atoms with Crippen LogP contribution in [0.15, 0.2) is 86.1 Å². The molecule has 7 nitrogen and oxygen atoms in total. The van der Waals surface area contributed by atoms with E-state index in [0.29, 0.717) is 36.0 Å². The lowest BCUT2D eigenvalue weighted by molar-refractivity contribution is 0.225. The fraction of sp³-hybridized carbons (Fsp3) is 0.0909. The van der Waals surface area contributed by atoms with Gasteiger partial charge in [0, 0.05) is 8.95 Å². The van der Waals surface area contributed by atoms with E-state index in [1.807, 2.05) is 53.1 Å². The van der Waals surface area contributed by atoms with Crippen molar-refractivity contribution in [1.82, 2.24) is 14.5 Å². The van der Waals surface area contributed by atoms with Gasteiger partial charge in [0.25, 0.3) is 0 Å². The maximum Gasteiger partial charge on any atom is 0.349 e. The van der Waals surface area contributed by atoms with Gasteiger partial charge in [-0.25, -0.2) is 14.8 Å². The van der Waals surface area contributed by atoms with Crippen LogP contribution in [0.3, 0.4) is 0 Å². The zero-order chi connectivity index (χ0) is 22.0. The number of carbonyl (C=O) groups is 1. The summed E-state index contributed by atoms with van der Waals surface area (Å²) in [6.45, 7) is 5.00. The van der Waals surface area contributed by atoms with Crippen molar-refractivity contribution in [3.05, 3.63) is 92.9 Å². The molecule has 1 aliphatic rings. The first-order valence-electron chi connectivity index (χ1n) is 9.34. The Balaban J connectivity index is 1.61. The second-order valence-electron chi connectivity index (χ2n) is 6.85. The summed E-state index contributed by atoms with van der Waals surface area (Å²) in [6.07, 6.45) is 2.87. The number of urea groups is 1. The molecule has 0 aliphatic carbocycles. The second-order valence-corrected chi connectivity index (χ2v) is 8.68. The number of halogens is 2. The molecule has 4 rings (SSSR count). The standard InChI is InChI=1S/C22H18Br2N6O/c1-14-19(28-22(31)30(14)11-16-4-8-18(24)9-5-16)20-21(26-12-25)29(13-27-20)10-15-2-6-17(23)7-3-15/h2-9,12-13H,1,10-11H2,(H2,25,26). The fourth-order valence-corrected chi connectivity index (χ4v) is 3.77. The molecule has 2 N–H and O–H groups in total. The Morgan fingerprint density at radius 3 is 2.16 bits per heavy atom. The molecule has 0 radical (unpaired) electrons. The van der Waals surface area contributed by atoms with Gasteiger partial charge in [-0.3, -0.25) is 4.90 Å². The molecule has 0 bridgehead atoms. The van der Waals surface area contributed by atoms with Crippen molar-refractivity contribution in [1.29, 1.82) is 0 Å². The molecule has 31 heavy (non-hydrogen) atoms. The van der Waals surface area contributed by atoms with Crippen LogP contribution in [-0.4, -0.2) is 32.5 Å². The monoisotopic (exact) mass is 540 g/mol. The summed E-state index contributed by atoms with van der Waals surface area (Å²) in [6, 6.07) is 15.3. The van der Waals surface area contributed by atoms with Gasteiger partial charge in [0.15, 0.2) is 5.82 Å². The normalized spacial score (nSPS) is 14.0. The predicted octanol–water partition coefficient (Wildman–Crippen LogP) is 5.01. The van der Waals surface area contributed by atoms with Crippen LogP contribution in [0.5, 0.6) is 0 Å². The second kappa shape index (κ2) is 8.99. The maximum atomic E-state index is 12.6. The molecule has 2 heterocycles. The lowest BCUT2D eigenvalue weighted by atomic mass is 10.1. The first-order valence-corrected chi connectivity index (χ1v) is 10.9. The molecule has 156 valence electrons. The van der Waals surface area contributed by atoms with Gasteiger partial charge in [-0.05, 0) is 35.4 Å². The van der Waals surface area contributed by atoms with Crippen molar-refractivity contribution in [3.63, 3.8) is 0 Å². The Morgan fingerprint density at radius 1 is 1.00 bits per heavy atom. The zero-order valence-corrected chi connectivity index (χ0v) is 19.5. The molecule has 1 aromatic heterocycles. The van der Waals surface area contributed by atoms with Gasteiger partial charge in [0.1, 0.15) is 11.4 Å². The highest BCUT2D eigenvalue weighted by Gasteiger charge is 2.32. The van der Waals surface area contributed by atoms with Gasteiger partial charge in [-0.2, -0.15) is 4.99 Å². The Kier molecular flexibility index (Phi) is 6.15. The number of hydrogen-bond donors (Lipinski definition) is 1. The summed E-state index contributed by atoms with van der Waals surface area (Å²) in [5.41, 5.74) is 8.98. The summed E-state index contributed by atoms with van der Waals surface area (Å²) in [4.78, 5) is 27.1. The van der Waals surface area contributed by atoms with Crippen LogP contribution in [0.4, 0.5) is 10.6 Å². The van der Waals surface area contributed by atoms with Crippen LogP contribution in [0, 0.1) is 0 Å². The van der Waals surface area contributed by atoms with Gasteiger partial charge < -0.3 is 10.3 Å². The molecule has 0 unspecified atom stereocenters. The highest BCUT2D eigenvalue weighted by atomic mass is 79.9. The minimum absolute atomic E-state index is 0.368. The topological polar surface area (TPSA) is 88.9 Å². The third kappa shape index (κ3) is 4.52. The molecule has 1 aliphatic heterocycles. The Bertz CT molecular complexity index is 1200. The van der Waals surface area contributed by atoms with E-state index in [1.54, 1.807) is 6.33 Å². The van der Waals surface area contributed by atoms with Crippen LogP contribution in [0.2, 0.25) is 0 Å². The number of aromatic nitrogens is 2. The number of nitrogens with two attached hydrogens (primary N) is 1. The molecule has 0 spiro atoms. The van der Waals surface area contributed by atoms with Crippen molar-refractivity contribution in [2.45, 2.75) is 13.1 Å². The number of amides is 2. The number of rotatable bonds is 6. The van der Waals surface area contributed by atoms with Crippen LogP contribution < -0.4 is 5.73 Å². The van der Waals surface area contributed by atoms with Gasteiger partial charge in [0.2, 0.25) is 0 Å². The van der Waals surface area contributed by atoms with Crippen LogP contribution in [0.1, 0.15) is 16.8 Å². The zero-order valence-electron chi connectivity index (χ0n) is 16.4. The van der Waals surface area contributed by atoms with Crippen molar-refractivity contribution >= 4 is 55.8 Å². The average molecular weight is 542 g/mol. The minimum Gasteiger partial charge on any atom is -0.390 e. The number of nitrogens with zero attached hydrogens (tertiary/aromatic N) is 5. The highest BCUT2D eigenvalue weighted by molar-refractivity contribution is 9.10. The van der Waals surface area contributed by atoms with E-state index in [-0.39, 0.29) is 6.03 Å². The molecule has 0 saturated carbocycles. The first kappa shape index (κ1) is 21.2. The largest absolute Gasteiger partial charge is 0.390 e. The maximum absolute atomic E-state index is 12.6. The van der Waals surface area contributed by atoms with Crippen LogP contribution in [-0.2, 0) is 13.1 Å². The molecule has 2 amide bonds. The number of imidazole rings is 1. The third-order valence-corrected chi connectivity index (χ3v) is 5.85. The van der Waals surface area contributed by atoms with Crippen molar-refractivity contribution in [3.8, 4) is 0 Å². The Hall–Kier alpha value is -3.04. The first-order chi connectivity index (χ1) is 15.0. The number of aliphatic imine (C=N–C) groups is 2. The van der Waals surface area contributed by atoms with Crippen LogP contribution in [0.25, 0.3) is 0 Å². The van der Waals surface area contributed by atoms with E-state index in [9.17, 15) is 4.79 Å². The molecule has 2 aromatic carbocycles. The molecular weight excluding hydrogens is 524 g/mol. The average Bonchev–Trinajstić information content (AvgIpc) is 3.27. The summed E-state index contributed by atoms with van der Waals surface area (Å²) >= 11 is 6.86. The Morgan fingerprint density at radius 2 is 1.58 bits per heavy atom. The van der Waals surface area contributed by atoms with E-state index < -0.39 is 0 Å². The van der Waals surface area contributed by atoms with Crippen molar-refractivity contribution in [2.24, 2.45) is 15.7 Å². The minimum atomic E-state index is -0.381. The van der Waals surface area contributed by atoms with Gasteiger partial charge in [-0.15, -0.1) is 0 Å². The molecular formula is C22H18Br2N6O. The van der Waals surface area contributed by atoms with Crippen molar-refractivity contribution < 1.29 is 4.79 Å². The summed E-state index contributed by atoms with van der Waals surface area (Å²) in [7, 11) is 0. The SMILES string of the molecule is C=C1C(c2ncn(Cc3ccc(Br)cc3)c2/N=C\N)=NC(=O)N1Cc1ccc(Br)cc1. The van der Waals surface area contributed by atoms with Crippen molar-refractivity contribution in [2.75, 3.05) is 0 Å². The predicted molar refractivity (Wildman–Crippen MR) is 129 cm³/mol. The summed E-state index contributed by atoms with van der Waals surface area (Å²) in [5.74, 6) is 0.517. The van der Waals surface area contributed by atoms with E-state index in [4.69, 9.17) is 5.73 Å². The quantitative estimate of drug-likeness (QED) is 0.351. The number of hydrogen-bond acceptors (Lipinski definition) is 3. The van der Waals surface area contributed by atoms with E-state index in [1.165, 1.54) is 11.2 Å². The summed E-state index contributed by atoms with van der Waals surface area (Å²) < 4.78 is 3.84. The van der Waals surface area contributed by atoms with E-state index in [0.717, 1.165) is 20.1 Å². The van der Waals surface area contributed by atoms with Crippen LogP contribution >= 0.6 is 31.9 Å². The summed E-state index contributed by atoms with van der Waals surface area (Å²) in [5, 5.41) is 0. The number of benzene rings is 2. The van der Waals surface area contributed by atoms with Gasteiger partial charge >= 0.3 is 6.03 Å². The molecule has 0 atom stereocenters. The Labute approximate surface area is 196 Å². The van der Waals surface area contributed by atoms with Gasteiger partial charge in [-0.1, -0.05) is 62.7 Å².